The minimum atomic E-state index is -0.798. The topological polar surface area (TPSA) is 171 Å². The Bertz CT molecular complexity index is 1660. The number of hydrogen-bond donors (Lipinski definition) is 3. The second kappa shape index (κ2) is 11.5. The number of nitrogens with two attached hydrogens (primary N) is 1. The smallest absolute Gasteiger partial charge is 0.266 e. The maximum absolute atomic E-state index is 14.2. The molecular weight excluding hydrogens is 494 g/mol. The molecule has 11 nitrogen and oxygen atoms in total. The van der Waals surface area contributed by atoms with Crippen molar-refractivity contribution in [3.8, 4) is 17.8 Å². The molecule has 4 rings (SSSR count). The molecule has 0 bridgehead atoms. The molecule has 0 spiro atoms. The summed E-state index contributed by atoms with van der Waals surface area (Å²) in [6.45, 7) is 7.77. The number of hydrogen-bond acceptors (Lipinski definition) is 10. The predicted octanol–water partition coefficient (Wildman–Crippen LogP) is 3.58. The van der Waals surface area contributed by atoms with Gasteiger partial charge in [-0.3, -0.25) is 14.3 Å². The molecule has 3 aromatic heterocycles. The Kier molecular flexibility index (Phi) is 8.25. The molecule has 1 aromatic carbocycles. The van der Waals surface area contributed by atoms with Gasteiger partial charge in [0.15, 0.2) is 11.6 Å². The monoisotopic (exact) mass is 516 g/mol. The molecule has 0 aliphatic heterocycles. The van der Waals surface area contributed by atoms with Crippen LogP contribution in [0.1, 0.15) is 36.3 Å². The Hall–Kier alpha value is -5.43. The fraction of sp³-hybridized carbons (Fsp3) is 0.160. The van der Waals surface area contributed by atoms with E-state index in [1.54, 1.807) is 14.0 Å². The van der Waals surface area contributed by atoms with Crippen molar-refractivity contribution in [1.29, 1.82) is 10.5 Å². The molecule has 0 unspecified atom stereocenters. The number of fused-ring (bicyclic) bond motifs is 1. The quantitative estimate of drug-likeness (QED) is 0.322. The van der Waals surface area contributed by atoms with Crippen LogP contribution in [0.2, 0.25) is 0 Å². The van der Waals surface area contributed by atoms with Crippen LogP contribution < -0.4 is 21.9 Å². The first-order valence-electron chi connectivity index (χ1n) is 11.1. The van der Waals surface area contributed by atoms with Gasteiger partial charge in [0, 0.05) is 13.1 Å². The molecule has 13 heteroatoms. The van der Waals surface area contributed by atoms with Crippen molar-refractivity contribution in [3.05, 3.63) is 82.7 Å². The van der Waals surface area contributed by atoms with Gasteiger partial charge < -0.3 is 16.4 Å². The van der Waals surface area contributed by atoms with E-state index in [9.17, 15) is 24.1 Å². The predicted molar refractivity (Wildman–Crippen MR) is 138 cm³/mol. The third kappa shape index (κ3) is 5.08. The fourth-order valence-corrected chi connectivity index (χ4v) is 3.75. The van der Waals surface area contributed by atoms with Gasteiger partial charge >= 0.3 is 0 Å². The zero-order valence-electron chi connectivity index (χ0n) is 20.5. The zero-order valence-corrected chi connectivity index (χ0v) is 20.5. The molecule has 0 amide bonds. The summed E-state index contributed by atoms with van der Waals surface area (Å²) in [6.07, 6.45) is 2.52. The molecule has 0 saturated heterocycles. The van der Waals surface area contributed by atoms with Crippen LogP contribution in [0, 0.1) is 34.3 Å². The van der Waals surface area contributed by atoms with Gasteiger partial charge in [-0.15, -0.1) is 13.2 Å². The third-order valence-corrected chi connectivity index (χ3v) is 5.34. The van der Waals surface area contributed by atoms with E-state index in [1.165, 1.54) is 6.20 Å². The average Bonchev–Trinajstić information content (AvgIpc) is 2.92. The van der Waals surface area contributed by atoms with Crippen LogP contribution in [-0.2, 0) is 0 Å². The lowest BCUT2D eigenvalue weighted by atomic mass is 10.1. The highest BCUT2D eigenvalue weighted by Gasteiger charge is 2.24. The Morgan fingerprint density at radius 3 is 2.39 bits per heavy atom. The molecule has 0 fully saturated rings. The highest BCUT2D eigenvalue weighted by molar-refractivity contribution is 5.84. The number of benzene rings is 1. The summed E-state index contributed by atoms with van der Waals surface area (Å²) in [6, 6.07) is 6.06. The molecule has 1 atom stereocenters. The number of aromatic nitrogens is 5. The van der Waals surface area contributed by atoms with Crippen molar-refractivity contribution < 1.29 is 8.78 Å². The van der Waals surface area contributed by atoms with Gasteiger partial charge in [0.1, 0.15) is 35.2 Å². The number of nitrogen functional groups attached to an aromatic ring is 1. The summed E-state index contributed by atoms with van der Waals surface area (Å²) in [5.74, 6) is -1.32. The summed E-state index contributed by atoms with van der Waals surface area (Å²) in [4.78, 5) is 30.0. The van der Waals surface area contributed by atoms with Crippen molar-refractivity contribution in [1.82, 2.24) is 24.5 Å². The highest BCUT2D eigenvalue weighted by Crippen LogP contribution is 2.28. The molecule has 0 saturated carbocycles. The Morgan fingerprint density at radius 2 is 1.79 bits per heavy atom. The van der Waals surface area contributed by atoms with Crippen LogP contribution >= 0.6 is 0 Å². The van der Waals surface area contributed by atoms with Crippen LogP contribution in [0.3, 0.4) is 0 Å². The van der Waals surface area contributed by atoms with Gasteiger partial charge in [-0.2, -0.15) is 20.5 Å². The molecule has 0 aliphatic carbocycles. The van der Waals surface area contributed by atoms with Crippen molar-refractivity contribution >= 4 is 28.5 Å². The zero-order chi connectivity index (χ0) is 28.0. The first kappa shape index (κ1) is 27.2. The second-order valence-corrected chi connectivity index (χ2v) is 7.55. The van der Waals surface area contributed by atoms with E-state index < -0.39 is 23.2 Å². The second-order valence-electron chi connectivity index (χ2n) is 7.55. The van der Waals surface area contributed by atoms with Crippen molar-refractivity contribution in [2.45, 2.75) is 19.4 Å². The number of halogens is 2. The van der Waals surface area contributed by atoms with E-state index in [1.807, 2.05) is 12.1 Å². The van der Waals surface area contributed by atoms with Gasteiger partial charge in [-0.25, -0.2) is 13.8 Å². The van der Waals surface area contributed by atoms with Crippen LogP contribution in [0.5, 0.6) is 0 Å². The standard InChI is InChI=1S/C23H18F2N10O.C2H4/c1-3-17(31-20-16(8-27)19(29-2)33-23(28)34-20)21-32-18-11(7-26)4-12(24)6-15(18)22(36)35(21)14-5-13(25)9-30-10-14;1-2/h4-6,9-10,17H,3H2,1-2H3,(H4,28,29,31,33,34);1-2H2/t17-;/m0./s1. The summed E-state index contributed by atoms with van der Waals surface area (Å²) in [5.41, 5.74) is 4.98. The lowest BCUT2D eigenvalue weighted by molar-refractivity contribution is 0.614. The van der Waals surface area contributed by atoms with Gasteiger partial charge in [-0.05, 0) is 18.6 Å². The van der Waals surface area contributed by atoms with Crippen LogP contribution in [0.4, 0.5) is 26.4 Å². The number of nitrogens with one attached hydrogen (secondary N) is 2. The summed E-state index contributed by atoms with van der Waals surface area (Å²) < 4.78 is 29.4. The van der Waals surface area contributed by atoms with Crippen LogP contribution in [0.15, 0.2) is 48.5 Å². The van der Waals surface area contributed by atoms with E-state index in [4.69, 9.17) is 5.73 Å². The summed E-state index contributed by atoms with van der Waals surface area (Å²) >= 11 is 0. The van der Waals surface area contributed by atoms with E-state index in [0.29, 0.717) is 6.42 Å². The molecule has 3 heterocycles. The molecule has 4 aromatic rings. The summed E-state index contributed by atoms with van der Waals surface area (Å²) in [7, 11) is 1.56. The van der Waals surface area contributed by atoms with E-state index in [0.717, 1.165) is 29.0 Å². The van der Waals surface area contributed by atoms with Gasteiger partial charge in [-0.1, -0.05) is 6.92 Å². The maximum atomic E-state index is 14.2. The van der Waals surface area contributed by atoms with Gasteiger partial charge in [0.25, 0.3) is 5.56 Å². The lowest BCUT2D eigenvalue weighted by Crippen LogP contribution is -2.29. The normalized spacial score (nSPS) is 11.0. The largest absolute Gasteiger partial charge is 0.372 e. The van der Waals surface area contributed by atoms with Gasteiger partial charge in [0.05, 0.1) is 40.6 Å². The van der Waals surface area contributed by atoms with Crippen molar-refractivity contribution in [2.75, 3.05) is 23.4 Å². The van der Waals surface area contributed by atoms with Crippen molar-refractivity contribution in [3.63, 3.8) is 0 Å². The minimum absolute atomic E-state index is 0.0293. The third-order valence-electron chi connectivity index (χ3n) is 5.34. The molecular formula is C25H22F2N10O. The first-order valence-corrected chi connectivity index (χ1v) is 11.1. The Balaban J connectivity index is 0.00000195. The van der Waals surface area contributed by atoms with Gasteiger partial charge in [0.2, 0.25) is 5.95 Å². The summed E-state index contributed by atoms with van der Waals surface area (Å²) in [5, 5.41) is 24.9. The first-order chi connectivity index (χ1) is 18.3. The Morgan fingerprint density at radius 1 is 1.08 bits per heavy atom. The SMILES string of the molecule is C=C.CC[C@H](Nc1nc(N)nc(NC)c1C#N)c1nc2c(C#N)cc(F)cc2c(=O)n1-c1cncc(F)c1. The molecule has 192 valence electrons. The number of rotatable bonds is 6. The number of anilines is 3. The van der Waals surface area contributed by atoms with Crippen molar-refractivity contribution in [2.24, 2.45) is 0 Å². The van der Waals surface area contributed by atoms with Crippen LogP contribution in [-0.4, -0.2) is 31.6 Å². The van der Waals surface area contributed by atoms with E-state index in [2.05, 4.69) is 43.7 Å². The highest BCUT2D eigenvalue weighted by atomic mass is 19.1. The Labute approximate surface area is 215 Å². The lowest BCUT2D eigenvalue weighted by Gasteiger charge is -2.23. The van der Waals surface area contributed by atoms with E-state index >= 15 is 0 Å². The van der Waals surface area contributed by atoms with Crippen LogP contribution in [0.25, 0.3) is 16.6 Å². The average molecular weight is 517 g/mol. The number of nitrogens with zero attached hydrogens (tertiary/aromatic N) is 7. The number of pyridine rings is 1. The molecule has 0 aliphatic rings. The number of nitriles is 2. The fourth-order valence-electron chi connectivity index (χ4n) is 3.75. The maximum Gasteiger partial charge on any atom is 0.266 e. The minimum Gasteiger partial charge on any atom is -0.372 e. The molecule has 0 radical (unpaired) electrons. The molecule has 4 N–H and O–H groups in total. The van der Waals surface area contributed by atoms with E-state index in [-0.39, 0.29) is 51.1 Å². The molecule has 38 heavy (non-hydrogen) atoms.